The van der Waals surface area contributed by atoms with Gasteiger partial charge in [-0.3, -0.25) is 4.98 Å². The number of sulfonamides is 1. The molecule has 0 spiro atoms. The molecule has 20 heavy (non-hydrogen) atoms. The molecule has 1 aliphatic rings. The maximum Gasteiger partial charge on any atom is 0.243 e. The van der Waals surface area contributed by atoms with Crippen LogP contribution in [0.4, 0.5) is 0 Å². The molecule has 6 nitrogen and oxygen atoms in total. The number of rotatable bonds is 4. The van der Waals surface area contributed by atoms with E-state index in [1.807, 2.05) is 6.92 Å². The van der Waals surface area contributed by atoms with Gasteiger partial charge in [-0.1, -0.05) is 12.2 Å². The van der Waals surface area contributed by atoms with Crippen molar-refractivity contribution in [2.45, 2.75) is 30.2 Å². The fourth-order valence-electron chi connectivity index (χ4n) is 2.10. The fraction of sp³-hybridized carbons (Fsp3) is 0.500. The predicted molar refractivity (Wildman–Crippen MR) is 78.9 cm³/mol. The molecule has 2 heterocycles. The molecular weight excluding hydrogens is 298 g/mol. The maximum atomic E-state index is 12.5. The first-order valence-corrected chi connectivity index (χ1v) is 8.10. The normalized spacial score (nSPS) is 18.6. The number of thiocarbonyl (C=S) groups is 1. The molecular formula is C12H17N3O3S2. The van der Waals surface area contributed by atoms with Gasteiger partial charge in [-0.15, -0.1) is 0 Å². The molecule has 0 aliphatic carbocycles. The molecule has 0 radical (unpaired) electrons. The van der Waals surface area contributed by atoms with Gasteiger partial charge in [-0.25, -0.2) is 13.1 Å². The van der Waals surface area contributed by atoms with E-state index in [2.05, 4.69) is 9.71 Å². The fourth-order valence-corrected chi connectivity index (χ4v) is 3.96. The summed E-state index contributed by atoms with van der Waals surface area (Å²) in [5, 5.41) is 0. The average Bonchev–Trinajstić information content (AvgIpc) is 2.38. The molecule has 1 fully saturated rings. The molecule has 0 bridgehead atoms. The lowest BCUT2D eigenvalue weighted by atomic mass is 9.94. The Morgan fingerprint density at radius 3 is 2.75 bits per heavy atom. The third-order valence-corrected chi connectivity index (χ3v) is 5.13. The average molecular weight is 315 g/mol. The highest BCUT2D eigenvalue weighted by atomic mass is 32.2. The van der Waals surface area contributed by atoms with Gasteiger partial charge in [-0.05, 0) is 31.9 Å². The Morgan fingerprint density at radius 2 is 2.15 bits per heavy atom. The van der Waals surface area contributed by atoms with E-state index in [0.717, 1.165) is 0 Å². The van der Waals surface area contributed by atoms with Crippen molar-refractivity contribution in [3.8, 4) is 0 Å². The Labute approximate surface area is 123 Å². The highest BCUT2D eigenvalue weighted by molar-refractivity contribution is 7.89. The molecule has 0 atom stereocenters. The highest BCUT2D eigenvalue weighted by Crippen LogP contribution is 2.23. The molecule has 0 amide bonds. The van der Waals surface area contributed by atoms with E-state index >= 15 is 0 Å². The van der Waals surface area contributed by atoms with Crippen LogP contribution in [-0.2, 0) is 14.8 Å². The van der Waals surface area contributed by atoms with Crippen LogP contribution in [0.15, 0.2) is 23.2 Å². The number of pyridine rings is 1. The van der Waals surface area contributed by atoms with E-state index in [0.29, 0.717) is 26.1 Å². The number of aromatic nitrogens is 1. The Hall–Kier alpha value is -1.09. The summed E-state index contributed by atoms with van der Waals surface area (Å²) in [6.45, 7) is 2.94. The molecule has 0 aromatic carbocycles. The first-order valence-electron chi connectivity index (χ1n) is 6.21. The zero-order valence-electron chi connectivity index (χ0n) is 11.1. The minimum atomic E-state index is -3.73. The summed E-state index contributed by atoms with van der Waals surface area (Å²) < 4.78 is 33.0. The van der Waals surface area contributed by atoms with E-state index < -0.39 is 15.6 Å². The van der Waals surface area contributed by atoms with Gasteiger partial charge in [-0.2, -0.15) is 0 Å². The van der Waals surface area contributed by atoms with Crippen molar-refractivity contribution < 1.29 is 13.2 Å². The van der Waals surface area contributed by atoms with Crippen LogP contribution in [0.2, 0.25) is 0 Å². The lowest BCUT2D eigenvalue weighted by Crippen LogP contribution is -2.49. The maximum absolute atomic E-state index is 12.5. The Bertz CT molecular complexity index is 610. The van der Waals surface area contributed by atoms with Crippen LogP contribution in [0, 0.1) is 0 Å². The van der Waals surface area contributed by atoms with Gasteiger partial charge in [0.05, 0.1) is 0 Å². The largest absolute Gasteiger partial charge is 0.388 e. The highest BCUT2D eigenvalue weighted by Gasteiger charge is 2.33. The van der Waals surface area contributed by atoms with Crippen LogP contribution in [0.3, 0.4) is 0 Å². The van der Waals surface area contributed by atoms with Crippen molar-refractivity contribution in [2.24, 2.45) is 5.73 Å². The van der Waals surface area contributed by atoms with Gasteiger partial charge in [0.2, 0.25) is 10.0 Å². The topological polar surface area (TPSA) is 94.3 Å². The Morgan fingerprint density at radius 1 is 1.50 bits per heavy atom. The van der Waals surface area contributed by atoms with E-state index in [1.165, 1.54) is 12.3 Å². The second kappa shape index (κ2) is 5.72. The van der Waals surface area contributed by atoms with Gasteiger partial charge in [0.15, 0.2) is 0 Å². The zero-order chi connectivity index (χ0) is 14.8. The molecule has 110 valence electrons. The van der Waals surface area contributed by atoms with Gasteiger partial charge < -0.3 is 10.5 Å². The second-order valence-corrected chi connectivity index (χ2v) is 7.08. The van der Waals surface area contributed by atoms with Crippen LogP contribution in [0.5, 0.6) is 0 Å². The van der Waals surface area contributed by atoms with E-state index in [-0.39, 0.29) is 15.6 Å². The molecule has 0 unspecified atom stereocenters. The number of nitrogens with one attached hydrogen (secondary N) is 1. The van der Waals surface area contributed by atoms with Crippen LogP contribution >= 0.6 is 12.2 Å². The minimum Gasteiger partial charge on any atom is -0.388 e. The molecule has 1 aromatic heterocycles. The summed E-state index contributed by atoms with van der Waals surface area (Å²) >= 11 is 4.85. The third-order valence-electron chi connectivity index (χ3n) is 3.27. The van der Waals surface area contributed by atoms with Crippen molar-refractivity contribution in [3.63, 3.8) is 0 Å². The quantitative estimate of drug-likeness (QED) is 0.789. The first kappa shape index (κ1) is 15.3. The van der Waals surface area contributed by atoms with Crippen LogP contribution in [-0.4, -0.2) is 37.1 Å². The number of ether oxygens (including phenoxy) is 1. The van der Waals surface area contributed by atoms with Crippen molar-refractivity contribution in [1.29, 1.82) is 0 Å². The molecule has 3 N–H and O–H groups in total. The SMILES string of the molecule is CC1(NS(=O)(=O)c2cccnc2C(N)=S)CCOCC1. The monoisotopic (exact) mass is 315 g/mol. The summed E-state index contributed by atoms with van der Waals surface area (Å²) in [6.07, 6.45) is 2.70. The number of nitrogens with zero attached hydrogens (tertiary/aromatic N) is 1. The summed E-state index contributed by atoms with van der Waals surface area (Å²) in [5.41, 5.74) is 5.12. The Balaban J connectivity index is 2.33. The molecule has 0 saturated carbocycles. The molecule has 1 aliphatic heterocycles. The summed E-state index contributed by atoms with van der Waals surface area (Å²) in [4.78, 5) is 3.93. The van der Waals surface area contributed by atoms with Crippen LogP contribution < -0.4 is 10.5 Å². The molecule has 2 rings (SSSR count). The van der Waals surface area contributed by atoms with Crippen LogP contribution in [0.25, 0.3) is 0 Å². The molecule has 8 heteroatoms. The van der Waals surface area contributed by atoms with E-state index in [1.54, 1.807) is 6.07 Å². The standard InChI is InChI=1S/C12H17N3O3S2/c1-12(4-7-18-8-5-12)15-20(16,17)9-3-2-6-14-10(9)11(13)19/h2-3,6,15H,4-5,7-8H2,1H3,(H2,13,19). The summed E-state index contributed by atoms with van der Waals surface area (Å²) in [6, 6.07) is 3.00. The Kier molecular flexibility index (Phi) is 4.38. The number of hydrogen-bond acceptors (Lipinski definition) is 5. The van der Waals surface area contributed by atoms with Crippen LogP contribution in [0.1, 0.15) is 25.5 Å². The molecule has 1 aromatic rings. The predicted octanol–water partition coefficient (Wildman–Crippen LogP) is 0.563. The lowest BCUT2D eigenvalue weighted by molar-refractivity contribution is 0.0537. The van der Waals surface area contributed by atoms with Gasteiger partial charge in [0.25, 0.3) is 0 Å². The summed E-state index contributed by atoms with van der Waals surface area (Å²) in [7, 11) is -3.73. The first-order chi connectivity index (χ1) is 9.34. The summed E-state index contributed by atoms with van der Waals surface area (Å²) in [5.74, 6) is 0. The van der Waals surface area contributed by atoms with Gasteiger partial charge >= 0.3 is 0 Å². The number of hydrogen-bond donors (Lipinski definition) is 2. The van der Waals surface area contributed by atoms with Crippen molar-refractivity contribution in [3.05, 3.63) is 24.0 Å². The lowest BCUT2D eigenvalue weighted by Gasteiger charge is -2.34. The zero-order valence-corrected chi connectivity index (χ0v) is 12.8. The van der Waals surface area contributed by atoms with Crippen molar-refractivity contribution >= 4 is 27.2 Å². The minimum absolute atomic E-state index is 0.0141. The third kappa shape index (κ3) is 3.32. The smallest absolute Gasteiger partial charge is 0.243 e. The van der Waals surface area contributed by atoms with E-state index in [9.17, 15) is 8.42 Å². The van der Waals surface area contributed by atoms with Crippen molar-refractivity contribution in [1.82, 2.24) is 9.71 Å². The van der Waals surface area contributed by atoms with E-state index in [4.69, 9.17) is 22.7 Å². The van der Waals surface area contributed by atoms with Gasteiger partial charge in [0.1, 0.15) is 15.6 Å². The van der Waals surface area contributed by atoms with Crippen molar-refractivity contribution in [2.75, 3.05) is 13.2 Å². The molecule has 1 saturated heterocycles. The second-order valence-electron chi connectivity index (χ2n) is 4.99. The van der Waals surface area contributed by atoms with Gasteiger partial charge in [0, 0.05) is 24.9 Å². The number of nitrogens with two attached hydrogens (primary N) is 1.